The van der Waals surface area contributed by atoms with Gasteiger partial charge in [0.15, 0.2) is 5.76 Å². The average Bonchev–Trinajstić information content (AvgIpc) is 2.87. The number of thioether (sulfide) groups is 1. The molecule has 2 aromatic rings. The molecule has 0 atom stereocenters. The van der Waals surface area contributed by atoms with E-state index in [1.165, 1.54) is 23.9 Å². The minimum absolute atomic E-state index is 0.0795. The summed E-state index contributed by atoms with van der Waals surface area (Å²) in [5.74, 6) is -1.32. The summed E-state index contributed by atoms with van der Waals surface area (Å²) in [7, 11) is 0. The summed E-state index contributed by atoms with van der Waals surface area (Å²) >= 11 is 1.38. The smallest absolute Gasteiger partial charge is 0.371 e. The van der Waals surface area contributed by atoms with Crippen LogP contribution in [0.4, 0.5) is 0 Å². The van der Waals surface area contributed by atoms with Crippen LogP contribution < -0.4 is 0 Å². The van der Waals surface area contributed by atoms with Gasteiger partial charge in [-0.2, -0.15) is 0 Å². The molecule has 0 amide bonds. The Kier molecular flexibility index (Phi) is 3.84. The van der Waals surface area contributed by atoms with Crippen molar-refractivity contribution in [3.8, 4) is 0 Å². The summed E-state index contributed by atoms with van der Waals surface area (Å²) in [5, 5.41) is 8.68. The zero-order valence-corrected chi connectivity index (χ0v) is 10.1. The first-order valence-electron chi connectivity index (χ1n) is 5.21. The lowest BCUT2D eigenvalue weighted by Gasteiger charge is -1.98. The van der Waals surface area contributed by atoms with Crippen molar-refractivity contribution in [2.24, 2.45) is 0 Å². The van der Waals surface area contributed by atoms with E-state index in [4.69, 9.17) is 9.52 Å². The maximum absolute atomic E-state index is 11.7. The van der Waals surface area contributed by atoms with Crippen LogP contribution in [-0.2, 0) is 0 Å². The largest absolute Gasteiger partial charge is 0.475 e. The van der Waals surface area contributed by atoms with Crippen LogP contribution in [0.3, 0.4) is 0 Å². The zero-order valence-electron chi connectivity index (χ0n) is 9.33. The van der Waals surface area contributed by atoms with Crippen molar-refractivity contribution in [2.75, 3.05) is 5.75 Å². The van der Waals surface area contributed by atoms with Crippen molar-refractivity contribution in [3.05, 3.63) is 54.0 Å². The summed E-state index contributed by atoms with van der Waals surface area (Å²) in [6.07, 6.45) is 0. The molecule has 0 radical (unpaired) electrons. The number of carbonyl (C=O) groups is 2. The highest BCUT2D eigenvalue weighted by Crippen LogP contribution is 2.19. The molecule has 0 saturated carbocycles. The van der Waals surface area contributed by atoms with E-state index in [1.54, 1.807) is 0 Å². The molecule has 0 fully saturated rings. The maximum Gasteiger partial charge on any atom is 0.371 e. The van der Waals surface area contributed by atoms with E-state index < -0.39 is 5.97 Å². The maximum atomic E-state index is 11.7. The van der Waals surface area contributed by atoms with Crippen LogP contribution in [-0.4, -0.2) is 22.6 Å². The van der Waals surface area contributed by atoms with Gasteiger partial charge in [-0.05, 0) is 24.3 Å². The molecule has 0 aliphatic rings. The average molecular weight is 262 g/mol. The van der Waals surface area contributed by atoms with Gasteiger partial charge in [-0.1, -0.05) is 18.2 Å². The molecular weight excluding hydrogens is 252 g/mol. The van der Waals surface area contributed by atoms with Gasteiger partial charge in [-0.15, -0.1) is 11.8 Å². The van der Waals surface area contributed by atoms with Crippen LogP contribution in [0.1, 0.15) is 21.1 Å². The molecule has 0 saturated heterocycles. The van der Waals surface area contributed by atoms with E-state index in [0.29, 0.717) is 0 Å². The molecule has 1 heterocycles. The van der Waals surface area contributed by atoms with Gasteiger partial charge < -0.3 is 9.52 Å². The Labute approximate surface area is 108 Å². The van der Waals surface area contributed by atoms with Crippen molar-refractivity contribution in [2.45, 2.75) is 4.90 Å². The molecule has 92 valence electrons. The molecule has 4 nitrogen and oxygen atoms in total. The molecule has 0 spiro atoms. The Morgan fingerprint density at radius 2 is 1.72 bits per heavy atom. The van der Waals surface area contributed by atoms with Gasteiger partial charge in [0.2, 0.25) is 11.5 Å². The first-order valence-corrected chi connectivity index (χ1v) is 6.19. The highest BCUT2D eigenvalue weighted by Gasteiger charge is 2.14. The van der Waals surface area contributed by atoms with Gasteiger partial charge in [0.05, 0.1) is 5.75 Å². The van der Waals surface area contributed by atoms with E-state index in [1.807, 2.05) is 30.3 Å². The van der Waals surface area contributed by atoms with Crippen LogP contribution in [0.25, 0.3) is 0 Å². The Morgan fingerprint density at radius 1 is 1.06 bits per heavy atom. The van der Waals surface area contributed by atoms with Crippen molar-refractivity contribution in [3.63, 3.8) is 0 Å². The second-order valence-corrected chi connectivity index (χ2v) is 4.54. The van der Waals surface area contributed by atoms with Gasteiger partial charge in [-0.25, -0.2) is 4.79 Å². The van der Waals surface area contributed by atoms with Crippen molar-refractivity contribution >= 4 is 23.5 Å². The number of aromatic carboxylic acids is 1. The number of hydrogen-bond donors (Lipinski definition) is 1. The Balaban J connectivity index is 1.97. The SMILES string of the molecule is O=C(O)c1ccc(C(=O)CSc2ccccc2)o1. The summed E-state index contributed by atoms with van der Waals surface area (Å²) < 4.78 is 4.93. The number of benzene rings is 1. The minimum Gasteiger partial charge on any atom is -0.475 e. The Morgan fingerprint density at radius 3 is 2.33 bits per heavy atom. The summed E-state index contributed by atoms with van der Waals surface area (Å²) in [4.78, 5) is 23.3. The first-order chi connectivity index (χ1) is 8.66. The number of hydrogen-bond acceptors (Lipinski definition) is 4. The van der Waals surface area contributed by atoms with Gasteiger partial charge >= 0.3 is 5.97 Å². The number of carboxylic acids is 1. The van der Waals surface area contributed by atoms with Crippen molar-refractivity contribution in [1.82, 2.24) is 0 Å². The van der Waals surface area contributed by atoms with Gasteiger partial charge in [0, 0.05) is 4.90 Å². The third kappa shape index (κ3) is 3.01. The van der Waals surface area contributed by atoms with Gasteiger partial charge in [-0.3, -0.25) is 4.79 Å². The first kappa shape index (κ1) is 12.4. The Hall–Kier alpha value is -2.01. The van der Waals surface area contributed by atoms with Crippen LogP contribution in [0, 0.1) is 0 Å². The third-order valence-corrected chi connectivity index (χ3v) is 3.22. The van der Waals surface area contributed by atoms with Crippen LogP contribution in [0.2, 0.25) is 0 Å². The summed E-state index contributed by atoms with van der Waals surface area (Å²) in [5.41, 5.74) is 0. The molecule has 1 N–H and O–H groups in total. The van der Waals surface area contributed by atoms with E-state index in [9.17, 15) is 9.59 Å². The molecule has 18 heavy (non-hydrogen) atoms. The highest BCUT2D eigenvalue weighted by molar-refractivity contribution is 8.00. The fourth-order valence-electron chi connectivity index (χ4n) is 1.34. The van der Waals surface area contributed by atoms with E-state index in [0.717, 1.165) is 4.90 Å². The standard InChI is InChI=1S/C13H10O4S/c14-10(8-18-9-4-2-1-3-5-9)11-6-7-12(17-11)13(15)16/h1-7H,8H2,(H,15,16). The number of carbonyl (C=O) groups excluding carboxylic acids is 1. The fraction of sp³-hybridized carbons (Fsp3) is 0.0769. The van der Waals surface area contributed by atoms with Crippen LogP contribution in [0.5, 0.6) is 0 Å². The number of rotatable bonds is 5. The second kappa shape index (κ2) is 5.55. The number of ketones is 1. The van der Waals surface area contributed by atoms with E-state index in [2.05, 4.69) is 0 Å². The molecule has 1 aromatic carbocycles. The predicted octanol–water partition coefficient (Wildman–Crippen LogP) is 2.95. The number of Topliss-reactive ketones (excluding diaryl/α,β-unsaturated/α-hetero) is 1. The number of carboxylic acid groups (broad SMARTS) is 1. The third-order valence-electron chi connectivity index (χ3n) is 2.20. The Bertz CT molecular complexity index is 559. The van der Waals surface area contributed by atoms with Gasteiger partial charge in [0.25, 0.3) is 0 Å². The molecule has 0 unspecified atom stereocenters. The summed E-state index contributed by atoms with van der Waals surface area (Å²) in [6, 6.07) is 12.2. The lowest BCUT2D eigenvalue weighted by Crippen LogP contribution is -2.00. The molecular formula is C13H10O4S. The van der Waals surface area contributed by atoms with Crippen molar-refractivity contribution in [1.29, 1.82) is 0 Å². The van der Waals surface area contributed by atoms with Crippen LogP contribution >= 0.6 is 11.8 Å². The normalized spacial score (nSPS) is 10.2. The molecule has 5 heteroatoms. The second-order valence-electron chi connectivity index (χ2n) is 3.49. The molecule has 1 aromatic heterocycles. The quantitative estimate of drug-likeness (QED) is 0.662. The highest BCUT2D eigenvalue weighted by atomic mass is 32.2. The monoisotopic (exact) mass is 262 g/mol. The zero-order chi connectivity index (χ0) is 13.0. The van der Waals surface area contributed by atoms with Crippen LogP contribution in [0.15, 0.2) is 51.8 Å². The summed E-state index contributed by atoms with van der Waals surface area (Å²) in [6.45, 7) is 0. The number of furan rings is 1. The molecule has 2 rings (SSSR count). The fourth-order valence-corrected chi connectivity index (χ4v) is 2.13. The molecule has 0 aliphatic carbocycles. The lowest BCUT2D eigenvalue weighted by molar-refractivity contribution is 0.0660. The lowest BCUT2D eigenvalue weighted by atomic mass is 10.3. The van der Waals surface area contributed by atoms with Crippen molar-refractivity contribution < 1.29 is 19.1 Å². The van der Waals surface area contributed by atoms with E-state index >= 15 is 0 Å². The van der Waals surface area contributed by atoms with E-state index in [-0.39, 0.29) is 23.1 Å². The van der Waals surface area contributed by atoms with Gasteiger partial charge in [0.1, 0.15) is 0 Å². The molecule has 0 bridgehead atoms. The molecule has 0 aliphatic heterocycles. The topological polar surface area (TPSA) is 67.5 Å². The predicted molar refractivity (Wildman–Crippen MR) is 67.2 cm³/mol. The minimum atomic E-state index is -1.18.